The molecule has 1 rings (SSSR count). The highest BCUT2D eigenvalue weighted by Gasteiger charge is 2.27. The number of nitrogens with zero attached hydrogens (tertiary/aromatic N) is 1. The third-order valence-electron chi connectivity index (χ3n) is 3.18. The first-order chi connectivity index (χ1) is 7.29. The van der Waals surface area contributed by atoms with Crippen molar-refractivity contribution in [2.45, 2.75) is 25.8 Å². The molecule has 4 nitrogen and oxygen atoms in total. The lowest BCUT2D eigenvalue weighted by Crippen LogP contribution is -2.47. The van der Waals surface area contributed by atoms with Crippen LogP contribution in [0.1, 0.15) is 19.8 Å². The molecule has 2 unspecified atom stereocenters. The number of ether oxygens (including phenoxy) is 1. The smallest absolute Gasteiger partial charge is 0.0698 e. The van der Waals surface area contributed by atoms with Gasteiger partial charge >= 0.3 is 0 Å². The van der Waals surface area contributed by atoms with Crippen molar-refractivity contribution in [2.24, 2.45) is 5.92 Å². The molecule has 1 aliphatic heterocycles. The van der Waals surface area contributed by atoms with Crippen LogP contribution in [0.25, 0.3) is 0 Å². The highest BCUT2D eigenvalue weighted by Crippen LogP contribution is 2.22. The van der Waals surface area contributed by atoms with E-state index in [1.54, 1.807) is 0 Å². The number of aliphatic hydroxyl groups is 2. The summed E-state index contributed by atoms with van der Waals surface area (Å²) in [5.41, 5.74) is 0. The van der Waals surface area contributed by atoms with Crippen LogP contribution in [0.2, 0.25) is 0 Å². The molecule has 2 N–H and O–H groups in total. The van der Waals surface area contributed by atoms with Gasteiger partial charge in [-0.25, -0.2) is 0 Å². The topological polar surface area (TPSA) is 52.9 Å². The van der Waals surface area contributed by atoms with Crippen LogP contribution in [0.3, 0.4) is 0 Å². The zero-order valence-corrected chi connectivity index (χ0v) is 9.56. The van der Waals surface area contributed by atoms with E-state index in [4.69, 9.17) is 9.84 Å². The third-order valence-corrected chi connectivity index (χ3v) is 3.18. The molecule has 4 heteroatoms. The molecule has 1 fully saturated rings. The van der Waals surface area contributed by atoms with Gasteiger partial charge in [0.15, 0.2) is 0 Å². The molecular weight excluding hydrogens is 194 g/mol. The quantitative estimate of drug-likeness (QED) is 0.619. The van der Waals surface area contributed by atoms with Crippen LogP contribution >= 0.6 is 0 Å². The maximum absolute atomic E-state index is 9.31. The average molecular weight is 217 g/mol. The first kappa shape index (κ1) is 12.9. The molecule has 0 spiro atoms. The summed E-state index contributed by atoms with van der Waals surface area (Å²) in [4.78, 5) is 2.30. The second-order valence-corrected chi connectivity index (χ2v) is 4.24. The summed E-state index contributed by atoms with van der Waals surface area (Å²) in [6.45, 7) is 5.48. The first-order valence-corrected chi connectivity index (χ1v) is 5.83. The zero-order chi connectivity index (χ0) is 11.1. The molecule has 0 aromatic carbocycles. The number of hydrogen-bond acceptors (Lipinski definition) is 4. The maximum Gasteiger partial charge on any atom is 0.0698 e. The maximum atomic E-state index is 9.31. The second-order valence-electron chi connectivity index (χ2n) is 4.24. The van der Waals surface area contributed by atoms with E-state index >= 15 is 0 Å². The molecule has 0 aromatic heterocycles. The van der Waals surface area contributed by atoms with E-state index in [1.165, 1.54) is 12.8 Å². The van der Waals surface area contributed by atoms with E-state index in [9.17, 15) is 5.11 Å². The summed E-state index contributed by atoms with van der Waals surface area (Å²) in [5.74, 6) is 0.571. The van der Waals surface area contributed by atoms with Crippen LogP contribution in [-0.2, 0) is 4.74 Å². The number of hydrogen-bond donors (Lipinski definition) is 2. The molecule has 0 radical (unpaired) electrons. The van der Waals surface area contributed by atoms with Gasteiger partial charge in [-0.15, -0.1) is 0 Å². The zero-order valence-electron chi connectivity index (χ0n) is 9.56. The molecule has 0 bridgehead atoms. The monoisotopic (exact) mass is 217 g/mol. The van der Waals surface area contributed by atoms with E-state index in [1.807, 2.05) is 0 Å². The van der Waals surface area contributed by atoms with Gasteiger partial charge in [-0.1, -0.05) is 6.92 Å². The second kappa shape index (κ2) is 7.17. The van der Waals surface area contributed by atoms with Gasteiger partial charge in [0.25, 0.3) is 0 Å². The van der Waals surface area contributed by atoms with Crippen LogP contribution in [0.5, 0.6) is 0 Å². The highest BCUT2D eigenvalue weighted by atomic mass is 16.5. The molecule has 0 aromatic rings. The van der Waals surface area contributed by atoms with Gasteiger partial charge in [-0.2, -0.15) is 0 Å². The Labute approximate surface area is 91.8 Å². The first-order valence-electron chi connectivity index (χ1n) is 5.83. The SMILES string of the molecule is CC1CCCN(CCOCCO)C1CO. The summed E-state index contributed by atoms with van der Waals surface area (Å²) in [5, 5.41) is 17.9. The number of likely N-dealkylation sites (tertiary alicyclic amines) is 1. The summed E-state index contributed by atoms with van der Waals surface area (Å²) >= 11 is 0. The lowest BCUT2D eigenvalue weighted by atomic mass is 9.91. The summed E-state index contributed by atoms with van der Waals surface area (Å²) in [6, 6.07) is 0.288. The Morgan fingerprint density at radius 2 is 2.13 bits per heavy atom. The molecule has 0 aliphatic carbocycles. The van der Waals surface area contributed by atoms with Crippen molar-refractivity contribution in [1.29, 1.82) is 0 Å². The predicted molar refractivity (Wildman–Crippen MR) is 58.7 cm³/mol. The Balaban J connectivity index is 2.25. The lowest BCUT2D eigenvalue weighted by molar-refractivity contribution is 0.0183. The Morgan fingerprint density at radius 3 is 2.80 bits per heavy atom. The van der Waals surface area contributed by atoms with Gasteiger partial charge in [-0.3, -0.25) is 4.90 Å². The van der Waals surface area contributed by atoms with Crippen molar-refractivity contribution in [1.82, 2.24) is 4.90 Å². The fourth-order valence-electron chi connectivity index (χ4n) is 2.26. The molecule has 1 heterocycles. The van der Waals surface area contributed by atoms with Crippen molar-refractivity contribution in [2.75, 3.05) is 39.5 Å². The van der Waals surface area contributed by atoms with Gasteiger partial charge < -0.3 is 14.9 Å². The van der Waals surface area contributed by atoms with E-state index in [-0.39, 0.29) is 19.3 Å². The van der Waals surface area contributed by atoms with E-state index in [0.717, 1.165) is 13.1 Å². The Hall–Kier alpha value is -0.160. The van der Waals surface area contributed by atoms with Crippen LogP contribution in [0.4, 0.5) is 0 Å². The Kier molecular flexibility index (Phi) is 6.17. The molecule has 1 saturated heterocycles. The molecular formula is C11H23NO3. The Bertz CT molecular complexity index is 166. The minimum atomic E-state index is 0.0832. The van der Waals surface area contributed by atoms with E-state index in [0.29, 0.717) is 19.1 Å². The van der Waals surface area contributed by atoms with Gasteiger partial charge in [0.2, 0.25) is 0 Å². The minimum Gasteiger partial charge on any atom is -0.395 e. The normalized spacial score (nSPS) is 28.2. The minimum absolute atomic E-state index is 0.0832. The van der Waals surface area contributed by atoms with Crippen molar-refractivity contribution in [3.05, 3.63) is 0 Å². The van der Waals surface area contributed by atoms with Crippen molar-refractivity contribution in [3.8, 4) is 0 Å². The third kappa shape index (κ3) is 4.07. The number of piperidine rings is 1. The van der Waals surface area contributed by atoms with Crippen molar-refractivity contribution >= 4 is 0 Å². The van der Waals surface area contributed by atoms with Gasteiger partial charge in [0.05, 0.1) is 26.4 Å². The van der Waals surface area contributed by atoms with Gasteiger partial charge in [0, 0.05) is 12.6 Å². The summed E-state index contributed by atoms with van der Waals surface area (Å²) < 4.78 is 5.24. The van der Waals surface area contributed by atoms with Crippen LogP contribution in [-0.4, -0.2) is 60.7 Å². The standard InChI is InChI=1S/C11H23NO3/c1-10-3-2-4-12(11(10)9-14)5-7-15-8-6-13/h10-11,13-14H,2-9H2,1H3. The fraction of sp³-hybridized carbons (Fsp3) is 1.00. The molecule has 0 saturated carbocycles. The van der Waals surface area contributed by atoms with Crippen LogP contribution < -0.4 is 0 Å². The van der Waals surface area contributed by atoms with E-state index < -0.39 is 0 Å². The summed E-state index contributed by atoms with van der Waals surface area (Å²) in [7, 11) is 0. The van der Waals surface area contributed by atoms with E-state index in [2.05, 4.69) is 11.8 Å². The number of aliphatic hydroxyl groups excluding tert-OH is 2. The number of rotatable bonds is 6. The molecule has 15 heavy (non-hydrogen) atoms. The molecule has 90 valence electrons. The van der Waals surface area contributed by atoms with Crippen molar-refractivity contribution < 1.29 is 14.9 Å². The molecule has 0 amide bonds. The van der Waals surface area contributed by atoms with Crippen molar-refractivity contribution in [3.63, 3.8) is 0 Å². The summed E-state index contributed by atoms with van der Waals surface area (Å²) in [6.07, 6.45) is 2.41. The van der Waals surface area contributed by atoms with Crippen LogP contribution in [0, 0.1) is 5.92 Å². The molecule has 1 aliphatic rings. The fourth-order valence-corrected chi connectivity index (χ4v) is 2.26. The Morgan fingerprint density at radius 1 is 1.33 bits per heavy atom. The highest BCUT2D eigenvalue weighted by molar-refractivity contribution is 4.81. The average Bonchev–Trinajstić information content (AvgIpc) is 2.24. The predicted octanol–water partition coefficient (Wildman–Crippen LogP) is 0.0881. The van der Waals surface area contributed by atoms with Gasteiger partial charge in [0.1, 0.15) is 0 Å². The largest absolute Gasteiger partial charge is 0.395 e. The lowest BCUT2D eigenvalue weighted by Gasteiger charge is -2.38. The van der Waals surface area contributed by atoms with Crippen LogP contribution in [0.15, 0.2) is 0 Å². The van der Waals surface area contributed by atoms with Gasteiger partial charge in [-0.05, 0) is 25.3 Å². The molecule has 2 atom stereocenters.